The van der Waals surface area contributed by atoms with Crippen molar-refractivity contribution in [2.75, 3.05) is 20.6 Å². The van der Waals surface area contributed by atoms with Gasteiger partial charge in [0, 0.05) is 11.6 Å². The van der Waals surface area contributed by atoms with Gasteiger partial charge in [0.15, 0.2) is 0 Å². The molecule has 0 aromatic heterocycles. The molecular weight excluding hydrogens is 208 g/mol. The maximum atomic E-state index is 4.04. The minimum atomic E-state index is 0.380. The lowest BCUT2D eigenvalue weighted by Gasteiger charge is -2.44. The normalized spacial score (nSPS) is 20.8. The Balaban J connectivity index is 2.74. The van der Waals surface area contributed by atoms with Gasteiger partial charge in [0.2, 0.25) is 0 Å². The molecule has 1 rings (SSSR count). The fourth-order valence-corrected chi connectivity index (χ4v) is 3.29. The highest BCUT2D eigenvalue weighted by atomic mass is 15.2. The van der Waals surface area contributed by atoms with Gasteiger partial charge in [0.25, 0.3) is 0 Å². The summed E-state index contributed by atoms with van der Waals surface area (Å²) in [5.41, 5.74) is 1.69. The molecule has 1 saturated carbocycles. The third kappa shape index (κ3) is 3.56. The number of likely N-dealkylation sites (N-methyl/N-ethyl adjacent to an activating group) is 2. The van der Waals surface area contributed by atoms with Gasteiger partial charge >= 0.3 is 0 Å². The highest BCUT2D eigenvalue weighted by Gasteiger charge is 2.42. The van der Waals surface area contributed by atoms with Crippen molar-refractivity contribution >= 4 is 0 Å². The number of hydrogen-bond acceptors (Lipinski definition) is 2. The number of nitrogens with one attached hydrogen (secondary N) is 1. The van der Waals surface area contributed by atoms with Crippen LogP contribution in [-0.2, 0) is 0 Å². The molecule has 1 aliphatic rings. The van der Waals surface area contributed by atoms with E-state index in [-0.39, 0.29) is 0 Å². The predicted octanol–water partition coefficient (Wildman–Crippen LogP) is 3.20. The first kappa shape index (κ1) is 14.7. The molecule has 1 unspecified atom stereocenters. The minimum absolute atomic E-state index is 0.380. The standard InChI is InChI=1S/C15H30N2/c1-6-16-14(10-9-13(2)3)15(17(4)5)11-7-8-12-15/h14,16H,2,6-12H2,1,3-5H3. The van der Waals surface area contributed by atoms with Crippen LogP contribution in [0.3, 0.4) is 0 Å². The zero-order valence-corrected chi connectivity index (χ0v) is 12.2. The van der Waals surface area contributed by atoms with Crippen molar-refractivity contribution in [3.8, 4) is 0 Å². The largest absolute Gasteiger partial charge is 0.312 e. The van der Waals surface area contributed by atoms with Gasteiger partial charge in [-0.25, -0.2) is 0 Å². The first-order chi connectivity index (χ1) is 8.03. The number of rotatable bonds is 7. The van der Waals surface area contributed by atoms with E-state index in [0.717, 1.165) is 13.0 Å². The first-order valence-electron chi connectivity index (χ1n) is 7.08. The number of hydrogen-bond donors (Lipinski definition) is 1. The van der Waals surface area contributed by atoms with Crippen molar-refractivity contribution in [3.63, 3.8) is 0 Å². The van der Waals surface area contributed by atoms with E-state index in [9.17, 15) is 0 Å². The molecule has 0 aromatic carbocycles. The summed E-state index contributed by atoms with van der Waals surface area (Å²) in [4.78, 5) is 2.46. The Hall–Kier alpha value is -0.340. The lowest BCUT2D eigenvalue weighted by atomic mass is 9.83. The maximum absolute atomic E-state index is 4.04. The Morgan fingerprint density at radius 2 is 1.94 bits per heavy atom. The van der Waals surface area contributed by atoms with E-state index in [0.29, 0.717) is 11.6 Å². The Morgan fingerprint density at radius 1 is 1.35 bits per heavy atom. The van der Waals surface area contributed by atoms with Crippen LogP contribution in [0.2, 0.25) is 0 Å². The van der Waals surface area contributed by atoms with Crippen LogP contribution in [0.15, 0.2) is 12.2 Å². The molecule has 0 saturated heterocycles. The average Bonchev–Trinajstić information content (AvgIpc) is 2.74. The highest BCUT2D eigenvalue weighted by Crippen LogP contribution is 2.38. The molecule has 1 N–H and O–H groups in total. The molecule has 0 aromatic rings. The quantitative estimate of drug-likeness (QED) is 0.685. The van der Waals surface area contributed by atoms with Crippen molar-refractivity contribution in [3.05, 3.63) is 12.2 Å². The molecule has 0 aliphatic heterocycles. The summed E-state index contributed by atoms with van der Waals surface area (Å²) < 4.78 is 0. The fraction of sp³-hybridized carbons (Fsp3) is 0.867. The molecule has 2 heteroatoms. The van der Waals surface area contributed by atoms with Gasteiger partial charge in [-0.05, 0) is 53.2 Å². The van der Waals surface area contributed by atoms with Crippen LogP contribution in [0, 0.1) is 0 Å². The summed E-state index contributed by atoms with van der Waals surface area (Å²) >= 11 is 0. The van der Waals surface area contributed by atoms with Crippen LogP contribution in [0.4, 0.5) is 0 Å². The van der Waals surface area contributed by atoms with Crippen LogP contribution in [0.25, 0.3) is 0 Å². The summed E-state index contributed by atoms with van der Waals surface area (Å²) in [6.07, 6.45) is 7.82. The van der Waals surface area contributed by atoms with Gasteiger partial charge in [-0.2, -0.15) is 0 Å². The summed E-state index contributed by atoms with van der Waals surface area (Å²) in [5, 5.41) is 3.72. The van der Waals surface area contributed by atoms with E-state index in [2.05, 4.69) is 44.7 Å². The van der Waals surface area contributed by atoms with Crippen LogP contribution < -0.4 is 5.32 Å². The Labute approximate surface area is 107 Å². The predicted molar refractivity (Wildman–Crippen MR) is 76.4 cm³/mol. The van der Waals surface area contributed by atoms with E-state index < -0.39 is 0 Å². The molecular formula is C15H30N2. The summed E-state index contributed by atoms with van der Waals surface area (Å²) in [6, 6.07) is 0.613. The van der Waals surface area contributed by atoms with Gasteiger partial charge in [0.05, 0.1) is 0 Å². The molecule has 2 nitrogen and oxygen atoms in total. The third-order valence-corrected chi connectivity index (χ3v) is 4.32. The highest BCUT2D eigenvalue weighted by molar-refractivity contribution is 5.03. The maximum Gasteiger partial charge on any atom is 0.0356 e. The van der Waals surface area contributed by atoms with Crippen LogP contribution in [0.1, 0.15) is 52.4 Å². The monoisotopic (exact) mass is 238 g/mol. The van der Waals surface area contributed by atoms with Crippen molar-refractivity contribution < 1.29 is 0 Å². The Kier molecular flexibility index (Phi) is 5.68. The van der Waals surface area contributed by atoms with Crippen molar-refractivity contribution in [2.24, 2.45) is 0 Å². The zero-order valence-electron chi connectivity index (χ0n) is 12.2. The Morgan fingerprint density at radius 3 is 2.35 bits per heavy atom. The molecule has 1 fully saturated rings. The van der Waals surface area contributed by atoms with Gasteiger partial charge < -0.3 is 10.2 Å². The third-order valence-electron chi connectivity index (χ3n) is 4.32. The van der Waals surface area contributed by atoms with Gasteiger partial charge in [-0.1, -0.05) is 25.3 Å². The molecule has 0 radical (unpaired) electrons. The number of nitrogens with zero attached hydrogens (tertiary/aromatic N) is 1. The lowest BCUT2D eigenvalue weighted by Crippen LogP contribution is -2.57. The molecule has 1 atom stereocenters. The molecule has 0 amide bonds. The van der Waals surface area contributed by atoms with E-state index in [1.165, 1.54) is 37.7 Å². The smallest absolute Gasteiger partial charge is 0.0356 e. The van der Waals surface area contributed by atoms with Crippen molar-refractivity contribution in [1.82, 2.24) is 10.2 Å². The number of allylic oxidation sites excluding steroid dienone is 1. The zero-order chi connectivity index (χ0) is 12.9. The van der Waals surface area contributed by atoms with E-state index in [1.54, 1.807) is 0 Å². The second kappa shape index (κ2) is 6.55. The summed E-state index contributed by atoms with van der Waals surface area (Å²) in [5.74, 6) is 0. The summed E-state index contributed by atoms with van der Waals surface area (Å²) in [6.45, 7) is 9.46. The SMILES string of the molecule is C=C(C)CCC(NCC)C1(N(C)C)CCCC1. The minimum Gasteiger partial charge on any atom is -0.312 e. The summed E-state index contributed by atoms with van der Waals surface area (Å²) in [7, 11) is 4.49. The first-order valence-corrected chi connectivity index (χ1v) is 7.08. The average molecular weight is 238 g/mol. The van der Waals surface area contributed by atoms with Crippen LogP contribution in [-0.4, -0.2) is 37.1 Å². The molecule has 1 aliphatic carbocycles. The Bertz CT molecular complexity index is 239. The van der Waals surface area contributed by atoms with E-state index in [1.807, 2.05) is 0 Å². The van der Waals surface area contributed by atoms with Crippen molar-refractivity contribution in [1.29, 1.82) is 0 Å². The van der Waals surface area contributed by atoms with E-state index >= 15 is 0 Å². The van der Waals surface area contributed by atoms with E-state index in [4.69, 9.17) is 0 Å². The van der Waals surface area contributed by atoms with Gasteiger partial charge in [-0.3, -0.25) is 0 Å². The van der Waals surface area contributed by atoms with Gasteiger partial charge in [0.1, 0.15) is 0 Å². The van der Waals surface area contributed by atoms with Crippen LogP contribution in [0.5, 0.6) is 0 Å². The molecule has 17 heavy (non-hydrogen) atoms. The molecule has 0 spiro atoms. The van der Waals surface area contributed by atoms with Crippen molar-refractivity contribution in [2.45, 2.75) is 64.0 Å². The van der Waals surface area contributed by atoms with Gasteiger partial charge in [-0.15, -0.1) is 6.58 Å². The topological polar surface area (TPSA) is 15.3 Å². The molecule has 0 bridgehead atoms. The van der Waals surface area contributed by atoms with Crippen LogP contribution >= 0.6 is 0 Å². The fourth-order valence-electron chi connectivity index (χ4n) is 3.29. The molecule has 100 valence electrons. The lowest BCUT2D eigenvalue weighted by molar-refractivity contribution is 0.101. The second-order valence-electron chi connectivity index (χ2n) is 5.81. The second-order valence-corrected chi connectivity index (χ2v) is 5.81. The molecule has 0 heterocycles.